The lowest BCUT2D eigenvalue weighted by Crippen LogP contribution is -2.35. The summed E-state index contributed by atoms with van der Waals surface area (Å²) in [5.41, 5.74) is 3.55. The average Bonchev–Trinajstić information content (AvgIpc) is 2.74. The van der Waals surface area contributed by atoms with Crippen molar-refractivity contribution >= 4 is 26.7 Å². The molecule has 2 unspecified atom stereocenters. The molecule has 1 aliphatic heterocycles. The van der Waals surface area contributed by atoms with Gasteiger partial charge in [0.15, 0.2) is 6.23 Å². The molecule has 1 heterocycles. The first kappa shape index (κ1) is 16.5. The molecule has 0 bridgehead atoms. The molecule has 0 spiro atoms. The molecule has 3 heteroatoms. The lowest BCUT2D eigenvalue weighted by atomic mass is 9.91. The third-order valence-corrected chi connectivity index (χ3v) is 5.62. The largest absolute Gasteiger partial charge is 0.471 e. The molecule has 0 amide bonds. The van der Waals surface area contributed by atoms with E-state index in [4.69, 9.17) is 4.74 Å². The molecular formula is C24H18BrNO. The summed E-state index contributed by atoms with van der Waals surface area (Å²) in [5.74, 6) is 0.939. The molecule has 0 radical (unpaired) electrons. The van der Waals surface area contributed by atoms with Gasteiger partial charge >= 0.3 is 0 Å². The highest BCUT2D eigenvalue weighted by Gasteiger charge is 2.31. The van der Waals surface area contributed by atoms with Gasteiger partial charge in [-0.1, -0.05) is 88.7 Å². The van der Waals surface area contributed by atoms with E-state index in [0.717, 1.165) is 15.8 Å². The maximum atomic E-state index is 6.39. The summed E-state index contributed by atoms with van der Waals surface area (Å²) >= 11 is 3.51. The second-order valence-corrected chi connectivity index (χ2v) is 7.67. The number of halogens is 1. The maximum absolute atomic E-state index is 6.39. The molecular weight excluding hydrogens is 398 g/mol. The molecule has 4 aromatic carbocycles. The summed E-state index contributed by atoms with van der Waals surface area (Å²) in [5, 5.41) is 6.17. The van der Waals surface area contributed by atoms with E-state index < -0.39 is 0 Å². The van der Waals surface area contributed by atoms with Crippen molar-refractivity contribution in [1.29, 1.82) is 0 Å². The van der Waals surface area contributed by atoms with Crippen LogP contribution in [-0.2, 0) is 0 Å². The summed E-state index contributed by atoms with van der Waals surface area (Å²) in [6.07, 6.45) is -0.197. The van der Waals surface area contributed by atoms with Gasteiger partial charge in [0.05, 0.1) is 6.04 Å². The van der Waals surface area contributed by atoms with Crippen molar-refractivity contribution in [3.8, 4) is 5.75 Å². The normalized spacial score (nSPS) is 18.7. The molecule has 132 valence electrons. The number of nitrogens with one attached hydrogen (secondary N) is 1. The Balaban J connectivity index is 1.68. The predicted octanol–water partition coefficient (Wildman–Crippen LogP) is 6.37. The Kier molecular flexibility index (Phi) is 4.19. The van der Waals surface area contributed by atoms with Gasteiger partial charge in [-0.25, -0.2) is 0 Å². The Morgan fingerprint density at radius 2 is 1.44 bits per heavy atom. The van der Waals surface area contributed by atoms with Gasteiger partial charge in [-0.2, -0.15) is 0 Å². The highest BCUT2D eigenvalue weighted by Crippen LogP contribution is 2.42. The fraction of sp³-hybridized carbons (Fsp3) is 0.0833. The van der Waals surface area contributed by atoms with Crippen LogP contribution in [0.25, 0.3) is 10.8 Å². The average molecular weight is 416 g/mol. The van der Waals surface area contributed by atoms with Crippen molar-refractivity contribution in [1.82, 2.24) is 5.32 Å². The number of hydrogen-bond acceptors (Lipinski definition) is 2. The molecule has 0 aromatic heterocycles. The Labute approximate surface area is 166 Å². The van der Waals surface area contributed by atoms with Crippen LogP contribution in [0.3, 0.4) is 0 Å². The van der Waals surface area contributed by atoms with Crippen LogP contribution < -0.4 is 10.1 Å². The number of rotatable bonds is 2. The summed E-state index contributed by atoms with van der Waals surface area (Å²) < 4.78 is 7.45. The predicted molar refractivity (Wildman–Crippen MR) is 113 cm³/mol. The number of benzene rings is 4. The highest BCUT2D eigenvalue weighted by molar-refractivity contribution is 9.10. The van der Waals surface area contributed by atoms with Crippen LogP contribution in [-0.4, -0.2) is 0 Å². The van der Waals surface area contributed by atoms with Crippen molar-refractivity contribution < 1.29 is 4.74 Å². The lowest BCUT2D eigenvalue weighted by Gasteiger charge is -2.35. The minimum atomic E-state index is -0.197. The molecule has 5 rings (SSSR count). The number of hydrogen-bond donors (Lipinski definition) is 1. The summed E-state index contributed by atoms with van der Waals surface area (Å²) in [7, 11) is 0. The Morgan fingerprint density at radius 1 is 0.704 bits per heavy atom. The maximum Gasteiger partial charge on any atom is 0.177 e. The molecule has 1 N–H and O–H groups in total. The van der Waals surface area contributed by atoms with Crippen molar-refractivity contribution in [2.45, 2.75) is 12.3 Å². The van der Waals surface area contributed by atoms with Gasteiger partial charge in [0.2, 0.25) is 0 Å². The third-order valence-electron chi connectivity index (χ3n) is 5.09. The van der Waals surface area contributed by atoms with Crippen LogP contribution in [0.15, 0.2) is 95.5 Å². The summed E-state index contributed by atoms with van der Waals surface area (Å²) in [6.45, 7) is 0. The van der Waals surface area contributed by atoms with Gasteiger partial charge in [-0.05, 0) is 34.5 Å². The van der Waals surface area contributed by atoms with E-state index in [1.165, 1.54) is 21.9 Å². The van der Waals surface area contributed by atoms with Crippen molar-refractivity contribution in [3.63, 3.8) is 0 Å². The lowest BCUT2D eigenvalue weighted by molar-refractivity contribution is 0.134. The first-order valence-corrected chi connectivity index (χ1v) is 9.84. The second kappa shape index (κ2) is 6.84. The van der Waals surface area contributed by atoms with E-state index in [2.05, 4.69) is 100 Å². The first-order chi connectivity index (χ1) is 13.3. The van der Waals surface area contributed by atoms with Crippen molar-refractivity contribution in [2.24, 2.45) is 0 Å². The number of ether oxygens (including phenoxy) is 1. The van der Waals surface area contributed by atoms with Gasteiger partial charge in [-0.3, -0.25) is 5.32 Å². The minimum Gasteiger partial charge on any atom is -0.471 e. The molecule has 27 heavy (non-hydrogen) atoms. The van der Waals surface area contributed by atoms with E-state index in [1.54, 1.807) is 0 Å². The monoisotopic (exact) mass is 415 g/mol. The zero-order chi connectivity index (χ0) is 18.2. The zero-order valence-electron chi connectivity index (χ0n) is 14.6. The molecule has 1 aliphatic rings. The second-order valence-electron chi connectivity index (χ2n) is 6.76. The van der Waals surface area contributed by atoms with Crippen molar-refractivity contribution in [3.05, 3.63) is 112 Å². The van der Waals surface area contributed by atoms with E-state index in [0.29, 0.717) is 0 Å². The molecule has 2 nitrogen and oxygen atoms in total. The Bertz CT molecular complexity index is 1090. The van der Waals surface area contributed by atoms with Crippen LogP contribution in [0.4, 0.5) is 0 Å². The van der Waals surface area contributed by atoms with Crippen LogP contribution in [0, 0.1) is 0 Å². The van der Waals surface area contributed by atoms with E-state index in [9.17, 15) is 0 Å². The van der Waals surface area contributed by atoms with E-state index in [1.807, 2.05) is 12.1 Å². The summed E-state index contributed by atoms with van der Waals surface area (Å²) in [4.78, 5) is 0. The fourth-order valence-corrected chi connectivity index (χ4v) is 4.05. The summed E-state index contributed by atoms with van der Waals surface area (Å²) in [6, 6.07) is 31.7. The van der Waals surface area contributed by atoms with Crippen LogP contribution in [0.2, 0.25) is 0 Å². The molecule has 0 aliphatic carbocycles. The van der Waals surface area contributed by atoms with E-state index >= 15 is 0 Å². The van der Waals surface area contributed by atoms with Crippen LogP contribution in [0.1, 0.15) is 29.0 Å². The van der Waals surface area contributed by atoms with Gasteiger partial charge in [0, 0.05) is 15.6 Å². The smallest absolute Gasteiger partial charge is 0.177 e. The van der Waals surface area contributed by atoms with Crippen molar-refractivity contribution in [2.75, 3.05) is 0 Å². The van der Waals surface area contributed by atoms with E-state index in [-0.39, 0.29) is 12.3 Å². The van der Waals surface area contributed by atoms with Crippen LogP contribution in [0.5, 0.6) is 5.75 Å². The standard InChI is InChI=1S/C24H18BrNO/c25-19-13-10-18(11-14-19)24-26-23(17-7-2-1-3-8-17)22-20-9-5-4-6-16(20)12-15-21(22)27-24/h1-15,23-24,26H. The highest BCUT2D eigenvalue weighted by atomic mass is 79.9. The Hall–Kier alpha value is -2.62. The molecule has 0 saturated heterocycles. The molecule has 4 aromatic rings. The first-order valence-electron chi connectivity index (χ1n) is 9.04. The molecule has 0 fully saturated rings. The Morgan fingerprint density at radius 3 is 2.26 bits per heavy atom. The SMILES string of the molecule is Brc1ccc(C2NC(c3ccccc3)c3c(ccc4ccccc34)O2)cc1. The molecule has 2 atom stereocenters. The third kappa shape index (κ3) is 3.03. The van der Waals surface area contributed by atoms with Gasteiger partial charge in [0.25, 0.3) is 0 Å². The topological polar surface area (TPSA) is 21.3 Å². The zero-order valence-corrected chi connectivity index (χ0v) is 16.2. The van der Waals surface area contributed by atoms with Gasteiger partial charge in [-0.15, -0.1) is 0 Å². The fourth-order valence-electron chi connectivity index (χ4n) is 3.78. The van der Waals surface area contributed by atoms with Crippen LogP contribution >= 0.6 is 15.9 Å². The van der Waals surface area contributed by atoms with Gasteiger partial charge < -0.3 is 4.74 Å². The molecule has 0 saturated carbocycles. The minimum absolute atomic E-state index is 0.0645. The van der Waals surface area contributed by atoms with Gasteiger partial charge in [0.1, 0.15) is 5.75 Å². The quantitative estimate of drug-likeness (QED) is 0.410. The number of fused-ring (bicyclic) bond motifs is 3.